The Balaban J connectivity index is 2.17. The third-order valence-corrected chi connectivity index (χ3v) is 2.22. The molecule has 5 nitrogen and oxygen atoms in total. The molecule has 0 bridgehead atoms. The second-order valence-electron chi connectivity index (χ2n) is 3.42. The highest BCUT2D eigenvalue weighted by atomic mass is 16.1. The molecule has 0 saturated heterocycles. The fourth-order valence-corrected chi connectivity index (χ4v) is 1.38. The SMILES string of the molecule is CCn1cncc1CNCCCC(N)=O. The van der Waals surface area contributed by atoms with Crippen molar-refractivity contribution in [3.63, 3.8) is 0 Å². The monoisotopic (exact) mass is 210 g/mol. The molecule has 5 heteroatoms. The van der Waals surface area contributed by atoms with Crippen molar-refractivity contribution in [2.75, 3.05) is 6.54 Å². The highest BCUT2D eigenvalue weighted by molar-refractivity contribution is 5.73. The minimum atomic E-state index is -0.240. The van der Waals surface area contributed by atoms with Crippen molar-refractivity contribution in [2.24, 2.45) is 5.73 Å². The molecule has 0 aromatic carbocycles. The lowest BCUT2D eigenvalue weighted by Crippen LogP contribution is -2.19. The van der Waals surface area contributed by atoms with Crippen LogP contribution >= 0.6 is 0 Å². The maximum Gasteiger partial charge on any atom is 0.217 e. The first-order valence-electron chi connectivity index (χ1n) is 5.22. The molecule has 0 unspecified atom stereocenters. The van der Waals surface area contributed by atoms with Gasteiger partial charge in [-0.2, -0.15) is 0 Å². The molecule has 15 heavy (non-hydrogen) atoms. The Kier molecular flexibility index (Phi) is 4.83. The molecule has 0 fully saturated rings. The Bertz CT molecular complexity index is 308. The van der Waals surface area contributed by atoms with E-state index >= 15 is 0 Å². The lowest BCUT2D eigenvalue weighted by atomic mass is 10.3. The number of rotatable bonds is 7. The van der Waals surface area contributed by atoms with Crippen molar-refractivity contribution in [1.29, 1.82) is 0 Å². The summed E-state index contributed by atoms with van der Waals surface area (Å²) in [6.07, 6.45) is 4.90. The van der Waals surface area contributed by atoms with Crippen molar-refractivity contribution in [1.82, 2.24) is 14.9 Å². The van der Waals surface area contributed by atoms with Crippen LogP contribution in [0.2, 0.25) is 0 Å². The summed E-state index contributed by atoms with van der Waals surface area (Å²) < 4.78 is 2.08. The first-order chi connectivity index (χ1) is 7.24. The van der Waals surface area contributed by atoms with E-state index in [9.17, 15) is 4.79 Å². The number of hydrogen-bond acceptors (Lipinski definition) is 3. The van der Waals surface area contributed by atoms with Crippen molar-refractivity contribution in [2.45, 2.75) is 32.9 Å². The van der Waals surface area contributed by atoms with Gasteiger partial charge in [-0.05, 0) is 19.9 Å². The van der Waals surface area contributed by atoms with Crippen molar-refractivity contribution < 1.29 is 4.79 Å². The van der Waals surface area contributed by atoms with Gasteiger partial charge in [-0.15, -0.1) is 0 Å². The van der Waals surface area contributed by atoms with Crippen LogP contribution in [0.4, 0.5) is 0 Å². The minimum Gasteiger partial charge on any atom is -0.370 e. The maximum absolute atomic E-state index is 10.5. The smallest absolute Gasteiger partial charge is 0.217 e. The molecule has 0 aliphatic rings. The van der Waals surface area contributed by atoms with Gasteiger partial charge in [0.2, 0.25) is 5.91 Å². The first-order valence-corrected chi connectivity index (χ1v) is 5.22. The number of nitrogens with one attached hydrogen (secondary N) is 1. The molecule has 0 aliphatic heterocycles. The molecule has 1 amide bonds. The van der Waals surface area contributed by atoms with Crippen molar-refractivity contribution in [3.05, 3.63) is 18.2 Å². The van der Waals surface area contributed by atoms with E-state index < -0.39 is 0 Å². The number of imidazole rings is 1. The fourth-order valence-electron chi connectivity index (χ4n) is 1.38. The third-order valence-electron chi connectivity index (χ3n) is 2.22. The first kappa shape index (κ1) is 11.7. The van der Waals surface area contributed by atoms with Crippen LogP contribution in [-0.2, 0) is 17.9 Å². The van der Waals surface area contributed by atoms with Crippen LogP contribution in [0, 0.1) is 0 Å². The maximum atomic E-state index is 10.5. The predicted octanol–water partition coefficient (Wildman–Crippen LogP) is 0.258. The number of carbonyl (C=O) groups is 1. The molecular formula is C10H18N4O. The third kappa shape index (κ3) is 4.12. The number of nitrogens with zero attached hydrogens (tertiary/aromatic N) is 2. The van der Waals surface area contributed by atoms with Gasteiger partial charge >= 0.3 is 0 Å². The van der Waals surface area contributed by atoms with Crippen LogP contribution in [0.15, 0.2) is 12.5 Å². The molecule has 1 rings (SSSR count). The Morgan fingerprint density at radius 3 is 3.13 bits per heavy atom. The molecule has 0 radical (unpaired) electrons. The van der Waals surface area contributed by atoms with Crippen LogP contribution in [-0.4, -0.2) is 22.0 Å². The number of aromatic nitrogens is 2. The van der Waals surface area contributed by atoms with E-state index in [-0.39, 0.29) is 5.91 Å². The van der Waals surface area contributed by atoms with Crippen LogP contribution < -0.4 is 11.1 Å². The Morgan fingerprint density at radius 1 is 1.67 bits per heavy atom. The minimum absolute atomic E-state index is 0.240. The van der Waals surface area contributed by atoms with Crippen molar-refractivity contribution >= 4 is 5.91 Å². The molecule has 0 saturated carbocycles. The summed E-state index contributed by atoms with van der Waals surface area (Å²) in [7, 11) is 0. The van der Waals surface area contributed by atoms with Crippen LogP contribution in [0.5, 0.6) is 0 Å². The number of hydrogen-bond donors (Lipinski definition) is 2. The number of nitrogens with two attached hydrogens (primary N) is 1. The number of aryl methyl sites for hydroxylation is 1. The van der Waals surface area contributed by atoms with Gasteiger partial charge in [0.15, 0.2) is 0 Å². The second kappa shape index (κ2) is 6.19. The molecule has 0 atom stereocenters. The molecule has 3 N–H and O–H groups in total. The Hall–Kier alpha value is -1.36. The summed E-state index contributed by atoms with van der Waals surface area (Å²) in [4.78, 5) is 14.5. The Labute approximate surface area is 89.7 Å². The van der Waals surface area contributed by atoms with Gasteiger partial charge in [0.25, 0.3) is 0 Å². The Morgan fingerprint density at radius 2 is 2.47 bits per heavy atom. The molecule has 84 valence electrons. The number of carbonyl (C=O) groups excluding carboxylic acids is 1. The van der Waals surface area contributed by atoms with Gasteiger partial charge in [0.1, 0.15) is 0 Å². The summed E-state index contributed by atoms with van der Waals surface area (Å²) >= 11 is 0. The van der Waals surface area contributed by atoms with Crippen LogP contribution in [0.1, 0.15) is 25.5 Å². The van der Waals surface area contributed by atoms with E-state index in [1.807, 2.05) is 12.5 Å². The quantitative estimate of drug-likeness (QED) is 0.634. The average Bonchev–Trinajstić information content (AvgIpc) is 2.64. The highest BCUT2D eigenvalue weighted by Gasteiger charge is 1.99. The van der Waals surface area contributed by atoms with E-state index in [2.05, 4.69) is 21.8 Å². The molecule has 1 aromatic rings. The summed E-state index contributed by atoms with van der Waals surface area (Å²) in [5, 5.41) is 3.25. The summed E-state index contributed by atoms with van der Waals surface area (Å²) in [5.74, 6) is -0.240. The molecule has 0 spiro atoms. The average molecular weight is 210 g/mol. The summed E-state index contributed by atoms with van der Waals surface area (Å²) in [6, 6.07) is 0. The lowest BCUT2D eigenvalue weighted by Gasteiger charge is -2.06. The normalized spacial score (nSPS) is 10.5. The van der Waals surface area contributed by atoms with Crippen molar-refractivity contribution in [3.8, 4) is 0 Å². The standard InChI is InChI=1S/C10H18N4O/c1-2-14-8-13-7-9(14)6-12-5-3-4-10(11)15/h7-8,12H,2-6H2,1H3,(H2,11,15). The van der Waals surface area contributed by atoms with Gasteiger partial charge in [-0.1, -0.05) is 0 Å². The number of amides is 1. The molecule has 1 aromatic heterocycles. The van der Waals surface area contributed by atoms with Crippen LogP contribution in [0.3, 0.4) is 0 Å². The van der Waals surface area contributed by atoms with E-state index in [4.69, 9.17) is 5.73 Å². The van der Waals surface area contributed by atoms with E-state index in [1.165, 1.54) is 0 Å². The lowest BCUT2D eigenvalue weighted by molar-refractivity contribution is -0.118. The van der Waals surface area contributed by atoms with Gasteiger partial charge in [-0.3, -0.25) is 4.79 Å². The second-order valence-corrected chi connectivity index (χ2v) is 3.42. The predicted molar refractivity (Wildman–Crippen MR) is 58.0 cm³/mol. The van der Waals surface area contributed by atoms with Gasteiger partial charge in [-0.25, -0.2) is 4.98 Å². The van der Waals surface area contributed by atoms with Gasteiger partial charge < -0.3 is 15.6 Å². The van der Waals surface area contributed by atoms with Gasteiger partial charge in [0, 0.05) is 25.7 Å². The molecule has 0 aliphatic carbocycles. The topological polar surface area (TPSA) is 72.9 Å². The van der Waals surface area contributed by atoms with E-state index in [0.717, 1.165) is 31.7 Å². The largest absolute Gasteiger partial charge is 0.370 e. The zero-order chi connectivity index (χ0) is 11.1. The van der Waals surface area contributed by atoms with Crippen LogP contribution in [0.25, 0.3) is 0 Å². The molecular weight excluding hydrogens is 192 g/mol. The summed E-state index contributed by atoms with van der Waals surface area (Å²) in [6.45, 7) is 4.60. The fraction of sp³-hybridized carbons (Fsp3) is 0.600. The zero-order valence-electron chi connectivity index (χ0n) is 9.07. The molecule has 1 heterocycles. The zero-order valence-corrected chi connectivity index (χ0v) is 9.07. The summed E-state index contributed by atoms with van der Waals surface area (Å²) in [5.41, 5.74) is 6.20. The van der Waals surface area contributed by atoms with Gasteiger partial charge in [0.05, 0.1) is 12.0 Å². The number of primary amides is 1. The van der Waals surface area contributed by atoms with E-state index in [1.54, 1.807) is 0 Å². The van der Waals surface area contributed by atoms with E-state index in [0.29, 0.717) is 6.42 Å². The highest BCUT2D eigenvalue weighted by Crippen LogP contribution is 1.98.